The van der Waals surface area contributed by atoms with E-state index in [1.807, 2.05) is 19.1 Å². The number of pyridine rings is 1. The van der Waals surface area contributed by atoms with Crippen LogP contribution in [0.4, 0.5) is 0 Å². The topological polar surface area (TPSA) is 52.8 Å². The van der Waals surface area contributed by atoms with Crippen molar-refractivity contribution in [2.45, 2.75) is 13.5 Å². The second kappa shape index (κ2) is 4.54. The Labute approximate surface area is 87.7 Å². The second-order valence-electron chi connectivity index (χ2n) is 3.01. The zero-order valence-corrected chi connectivity index (χ0v) is 8.50. The van der Waals surface area contributed by atoms with E-state index in [0.717, 1.165) is 11.4 Å². The molecule has 0 aliphatic carbocycles. The van der Waals surface area contributed by atoms with Crippen LogP contribution in [0.25, 0.3) is 0 Å². The zero-order valence-electron chi connectivity index (χ0n) is 8.50. The first-order chi connectivity index (χ1) is 7.38. The molecular formula is C10H12N4O. The lowest BCUT2D eigenvalue weighted by Crippen LogP contribution is -2.02. The molecule has 0 aliphatic rings. The highest BCUT2D eigenvalue weighted by atomic mass is 16.5. The van der Waals surface area contributed by atoms with Gasteiger partial charge in [-0.15, -0.1) is 0 Å². The quantitative estimate of drug-likeness (QED) is 0.748. The zero-order chi connectivity index (χ0) is 10.5. The smallest absolute Gasteiger partial charge is 0.137 e. The van der Waals surface area contributed by atoms with E-state index in [0.29, 0.717) is 13.2 Å². The Hall–Kier alpha value is -1.91. The maximum absolute atomic E-state index is 5.30. The number of hydrogen-bond donors (Lipinski definition) is 0. The Balaban J connectivity index is 2.04. The van der Waals surface area contributed by atoms with Crippen LogP contribution in [0.1, 0.15) is 12.6 Å². The highest BCUT2D eigenvalue weighted by Gasteiger charge is 1.98. The molecule has 0 saturated heterocycles. The molecule has 0 spiro atoms. The van der Waals surface area contributed by atoms with Crippen LogP contribution in [-0.4, -0.2) is 26.4 Å². The molecule has 0 unspecified atom stereocenters. The van der Waals surface area contributed by atoms with Crippen LogP contribution in [0.2, 0.25) is 0 Å². The number of hydrogen-bond acceptors (Lipinski definition) is 4. The van der Waals surface area contributed by atoms with Gasteiger partial charge in [0.25, 0.3) is 0 Å². The summed E-state index contributed by atoms with van der Waals surface area (Å²) in [5.74, 6) is 0.792. The second-order valence-corrected chi connectivity index (χ2v) is 3.01. The molecule has 0 N–H and O–H groups in total. The molecule has 15 heavy (non-hydrogen) atoms. The average molecular weight is 204 g/mol. The summed E-state index contributed by atoms with van der Waals surface area (Å²) in [6.07, 6.45) is 4.89. The molecule has 2 aromatic heterocycles. The van der Waals surface area contributed by atoms with Gasteiger partial charge in [-0.3, -0.25) is 4.98 Å². The predicted molar refractivity (Wildman–Crippen MR) is 54.5 cm³/mol. The maximum Gasteiger partial charge on any atom is 0.137 e. The number of aromatic nitrogens is 4. The molecule has 2 rings (SSSR count). The van der Waals surface area contributed by atoms with Crippen LogP contribution in [0, 0.1) is 0 Å². The summed E-state index contributed by atoms with van der Waals surface area (Å²) < 4.78 is 7.02. The Bertz CT molecular complexity index is 396. The number of rotatable bonds is 4. The minimum absolute atomic E-state index is 0.631. The first-order valence-corrected chi connectivity index (χ1v) is 4.78. The molecule has 2 aromatic rings. The number of nitrogens with zero attached hydrogens (tertiary/aromatic N) is 4. The van der Waals surface area contributed by atoms with Crippen molar-refractivity contribution in [2.24, 2.45) is 0 Å². The minimum atomic E-state index is 0.631. The summed E-state index contributed by atoms with van der Waals surface area (Å²) in [6.45, 7) is 3.24. The first-order valence-electron chi connectivity index (χ1n) is 4.78. The van der Waals surface area contributed by atoms with Gasteiger partial charge in [0.2, 0.25) is 0 Å². The Morgan fingerprint density at radius 2 is 2.33 bits per heavy atom. The molecule has 0 fully saturated rings. The van der Waals surface area contributed by atoms with Gasteiger partial charge in [0.1, 0.15) is 18.4 Å². The van der Waals surface area contributed by atoms with Gasteiger partial charge in [0.15, 0.2) is 0 Å². The van der Waals surface area contributed by atoms with Crippen LogP contribution in [0.5, 0.6) is 5.75 Å². The normalized spacial score (nSPS) is 10.2. The van der Waals surface area contributed by atoms with Crippen LogP contribution >= 0.6 is 0 Å². The molecule has 5 heteroatoms. The van der Waals surface area contributed by atoms with E-state index in [9.17, 15) is 0 Å². The van der Waals surface area contributed by atoms with E-state index < -0.39 is 0 Å². The van der Waals surface area contributed by atoms with Crippen LogP contribution in [-0.2, 0) is 6.54 Å². The SMILES string of the molecule is CCOc1ccc(Cn2cncn2)nc1. The van der Waals surface area contributed by atoms with E-state index in [4.69, 9.17) is 4.74 Å². The lowest BCUT2D eigenvalue weighted by Gasteiger charge is -2.03. The van der Waals surface area contributed by atoms with E-state index in [2.05, 4.69) is 15.1 Å². The van der Waals surface area contributed by atoms with Gasteiger partial charge in [-0.25, -0.2) is 9.67 Å². The third-order valence-electron chi connectivity index (χ3n) is 1.90. The van der Waals surface area contributed by atoms with Crippen molar-refractivity contribution in [3.05, 3.63) is 36.7 Å². The first kappa shape index (κ1) is 9.64. The summed E-state index contributed by atoms with van der Waals surface area (Å²) >= 11 is 0. The molecule has 5 nitrogen and oxygen atoms in total. The highest BCUT2D eigenvalue weighted by Crippen LogP contribution is 2.09. The van der Waals surface area contributed by atoms with Gasteiger partial charge in [-0.1, -0.05) is 0 Å². The van der Waals surface area contributed by atoms with Crippen molar-refractivity contribution in [1.29, 1.82) is 0 Å². The van der Waals surface area contributed by atoms with Crippen molar-refractivity contribution in [1.82, 2.24) is 19.7 Å². The largest absolute Gasteiger partial charge is 0.492 e. The molecule has 0 bridgehead atoms. The molecule has 0 aromatic carbocycles. The standard InChI is InChI=1S/C10H12N4O/c1-2-15-10-4-3-9(12-5-10)6-14-8-11-7-13-14/h3-5,7-8H,2,6H2,1H3. The summed E-state index contributed by atoms with van der Waals surface area (Å²) in [5, 5.41) is 4.00. The molecular weight excluding hydrogens is 192 g/mol. The van der Waals surface area contributed by atoms with Gasteiger partial charge in [0, 0.05) is 0 Å². The fourth-order valence-corrected chi connectivity index (χ4v) is 1.24. The Morgan fingerprint density at radius 1 is 1.40 bits per heavy atom. The Kier molecular flexibility index (Phi) is 2.92. The minimum Gasteiger partial charge on any atom is -0.492 e. The van der Waals surface area contributed by atoms with Crippen LogP contribution < -0.4 is 4.74 Å². The molecule has 0 saturated carbocycles. The molecule has 0 amide bonds. The van der Waals surface area contributed by atoms with Crippen molar-refractivity contribution in [3.8, 4) is 5.75 Å². The average Bonchev–Trinajstić information content (AvgIpc) is 2.74. The summed E-state index contributed by atoms with van der Waals surface area (Å²) in [7, 11) is 0. The van der Waals surface area contributed by atoms with E-state index in [1.54, 1.807) is 17.2 Å². The van der Waals surface area contributed by atoms with E-state index >= 15 is 0 Å². The van der Waals surface area contributed by atoms with Crippen molar-refractivity contribution in [2.75, 3.05) is 6.61 Å². The predicted octanol–water partition coefficient (Wildman–Crippen LogP) is 1.12. The van der Waals surface area contributed by atoms with Crippen molar-refractivity contribution < 1.29 is 4.74 Å². The van der Waals surface area contributed by atoms with Gasteiger partial charge < -0.3 is 4.74 Å². The van der Waals surface area contributed by atoms with Gasteiger partial charge in [0.05, 0.1) is 25.0 Å². The van der Waals surface area contributed by atoms with Crippen molar-refractivity contribution >= 4 is 0 Å². The summed E-state index contributed by atoms with van der Waals surface area (Å²) in [6, 6.07) is 3.83. The van der Waals surface area contributed by atoms with E-state index in [-0.39, 0.29) is 0 Å². The van der Waals surface area contributed by atoms with E-state index in [1.165, 1.54) is 6.33 Å². The van der Waals surface area contributed by atoms with Gasteiger partial charge in [-0.2, -0.15) is 5.10 Å². The maximum atomic E-state index is 5.30. The fraction of sp³-hybridized carbons (Fsp3) is 0.300. The lowest BCUT2D eigenvalue weighted by molar-refractivity contribution is 0.338. The highest BCUT2D eigenvalue weighted by molar-refractivity contribution is 5.19. The monoisotopic (exact) mass is 204 g/mol. The third kappa shape index (κ3) is 2.52. The molecule has 0 atom stereocenters. The fourth-order valence-electron chi connectivity index (χ4n) is 1.24. The van der Waals surface area contributed by atoms with Crippen LogP contribution in [0.15, 0.2) is 31.0 Å². The van der Waals surface area contributed by atoms with Gasteiger partial charge >= 0.3 is 0 Å². The van der Waals surface area contributed by atoms with Gasteiger partial charge in [-0.05, 0) is 19.1 Å². The van der Waals surface area contributed by atoms with Crippen molar-refractivity contribution in [3.63, 3.8) is 0 Å². The summed E-state index contributed by atoms with van der Waals surface area (Å²) in [5.41, 5.74) is 0.934. The third-order valence-corrected chi connectivity index (χ3v) is 1.90. The summed E-state index contributed by atoms with van der Waals surface area (Å²) in [4.78, 5) is 8.12. The molecule has 0 aliphatic heterocycles. The molecule has 2 heterocycles. The van der Waals surface area contributed by atoms with Crippen LogP contribution in [0.3, 0.4) is 0 Å². The molecule has 78 valence electrons. The Morgan fingerprint density at radius 3 is 2.93 bits per heavy atom. The lowest BCUT2D eigenvalue weighted by atomic mass is 10.3. The number of ether oxygens (including phenoxy) is 1. The molecule has 0 radical (unpaired) electrons.